The van der Waals surface area contributed by atoms with E-state index in [1.807, 2.05) is 25.1 Å². The van der Waals surface area contributed by atoms with Gasteiger partial charge in [0.2, 0.25) is 5.91 Å². The SMILES string of the molecule is Cc1cccc(CNC(=O)CCCCCl)c1. The number of benzene rings is 1. The molecule has 0 aliphatic rings. The predicted molar refractivity (Wildman–Crippen MR) is 67.6 cm³/mol. The van der Waals surface area contributed by atoms with Crippen LogP contribution in [0.1, 0.15) is 30.4 Å². The van der Waals surface area contributed by atoms with E-state index in [-0.39, 0.29) is 5.91 Å². The van der Waals surface area contributed by atoms with Gasteiger partial charge >= 0.3 is 0 Å². The number of unbranched alkanes of at least 4 members (excludes halogenated alkanes) is 1. The number of carbonyl (C=O) groups is 1. The molecule has 0 saturated carbocycles. The molecule has 0 heterocycles. The maximum Gasteiger partial charge on any atom is 0.220 e. The molecule has 0 unspecified atom stereocenters. The van der Waals surface area contributed by atoms with Crippen molar-refractivity contribution >= 4 is 17.5 Å². The minimum atomic E-state index is 0.103. The van der Waals surface area contributed by atoms with Gasteiger partial charge in [-0.3, -0.25) is 4.79 Å². The van der Waals surface area contributed by atoms with Gasteiger partial charge < -0.3 is 5.32 Å². The van der Waals surface area contributed by atoms with Gasteiger partial charge in [0.1, 0.15) is 0 Å². The Hall–Kier alpha value is -1.02. The number of halogens is 1. The fourth-order valence-electron chi connectivity index (χ4n) is 1.49. The van der Waals surface area contributed by atoms with E-state index in [9.17, 15) is 4.79 Å². The van der Waals surface area contributed by atoms with E-state index in [1.54, 1.807) is 0 Å². The Kier molecular flexibility index (Phi) is 5.94. The number of hydrogen-bond acceptors (Lipinski definition) is 1. The topological polar surface area (TPSA) is 29.1 Å². The predicted octanol–water partition coefficient (Wildman–Crippen LogP) is 3.02. The lowest BCUT2D eigenvalue weighted by atomic mass is 10.1. The molecule has 16 heavy (non-hydrogen) atoms. The summed E-state index contributed by atoms with van der Waals surface area (Å²) in [4.78, 5) is 11.4. The molecule has 0 bridgehead atoms. The highest BCUT2D eigenvalue weighted by Gasteiger charge is 2.00. The first-order valence-electron chi connectivity index (χ1n) is 5.60. The molecule has 1 aromatic rings. The molecule has 0 spiro atoms. The van der Waals surface area contributed by atoms with Gasteiger partial charge in [0, 0.05) is 18.8 Å². The van der Waals surface area contributed by atoms with Crippen LogP contribution in [-0.2, 0) is 11.3 Å². The number of aryl methyl sites for hydroxylation is 1. The molecule has 1 N–H and O–H groups in total. The van der Waals surface area contributed by atoms with Crippen molar-refractivity contribution in [3.8, 4) is 0 Å². The van der Waals surface area contributed by atoms with E-state index < -0.39 is 0 Å². The van der Waals surface area contributed by atoms with Crippen LogP contribution in [0.25, 0.3) is 0 Å². The van der Waals surface area contributed by atoms with Crippen molar-refractivity contribution in [3.63, 3.8) is 0 Å². The highest BCUT2D eigenvalue weighted by atomic mass is 35.5. The highest BCUT2D eigenvalue weighted by Crippen LogP contribution is 2.04. The van der Waals surface area contributed by atoms with Crippen LogP contribution in [0.5, 0.6) is 0 Å². The van der Waals surface area contributed by atoms with E-state index in [0.29, 0.717) is 18.8 Å². The second-order valence-electron chi connectivity index (χ2n) is 3.91. The third-order valence-corrected chi connectivity index (χ3v) is 2.63. The van der Waals surface area contributed by atoms with E-state index in [2.05, 4.69) is 11.4 Å². The lowest BCUT2D eigenvalue weighted by molar-refractivity contribution is -0.121. The number of hydrogen-bond donors (Lipinski definition) is 1. The quantitative estimate of drug-likeness (QED) is 0.600. The van der Waals surface area contributed by atoms with Crippen LogP contribution < -0.4 is 5.32 Å². The summed E-state index contributed by atoms with van der Waals surface area (Å²) in [5, 5.41) is 2.90. The number of carbonyl (C=O) groups excluding carboxylic acids is 1. The van der Waals surface area contributed by atoms with E-state index >= 15 is 0 Å². The third-order valence-electron chi connectivity index (χ3n) is 2.36. The zero-order valence-electron chi connectivity index (χ0n) is 9.63. The minimum Gasteiger partial charge on any atom is -0.352 e. The Morgan fingerprint density at radius 3 is 2.88 bits per heavy atom. The van der Waals surface area contributed by atoms with E-state index in [1.165, 1.54) is 5.56 Å². The minimum absolute atomic E-state index is 0.103. The first kappa shape index (κ1) is 13.0. The van der Waals surface area contributed by atoms with Crippen LogP contribution in [-0.4, -0.2) is 11.8 Å². The first-order valence-corrected chi connectivity index (χ1v) is 6.14. The highest BCUT2D eigenvalue weighted by molar-refractivity contribution is 6.17. The molecule has 0 aliphatic heterocycles. The summed E-state index contributed by atoms with van der Waals surface area (Å²) in [6, 6.07) is 8.15. The van der Waals surface area contributed by atoms with Crippen LogP contribution >= 0.6 is 11.6 Å². The first-order chi connectivity index (χ1) is 7.72. The summed E-state index contributed by atoms with van der Waals surface area (Å²) in [6.07, 6.45) is 2.33. The molecule has 0 fully saturated rings. The Morgan fingerprint density at radius 2 is 2.19 bits per heavy atom. The zero-order chi connectivity index (χ0) is 11.8. The molecule has 1 aromatic carbocycles. The third kappa shape index (κ3) is 5.17. The van der Waals surface area contributed by atoms with Gasteiger partial charge in [-0.2, -0.15) is 0 Å². The summed E-state index contributed by atoms with van der Waals surface area (Å²) in [6.45, 7) is 2.66. The van der Waals surface area contributed by atoms with Crippen LogP contribution in [0.15, 0.2) is 24.3 Å². The van der Waals surface area contributed by atoms with Crippen molar-refractivity contribution in [3.05, 3.63) is 35.4 Å². The van der Waals surface area contributed by atoms with E-state index in [0.717, 1.165) is 18.4 Å². The maximum absolute atomic E-state index is 11.4. The van der Waals surface area contributed by atoms with Gasteiger partial charge in [0.15, 0.2) is 0 Å². The molecule has 88 valence electrons. The monoisotopic (exact) mass is 239 g/mol. The fraction of sp³-hybridized carbons (Fsp3) is 0.462. The average Bonchev–Trinajstić information content (AvgIpc) is 2.27. The second-order valence-corrected chi connectivity index (χ2v) is 4.29. The molecule has 0 aromatic heterocycles. The lowest BCUT2D eigenvalue weighted by Gasteiger charge is -2.05. The van der Waals surface area contributed by atoms with Crippen molar-refractivity contribution in [1.82, 2.24) is 5.32 Å². The number of nitrogens with one attached hydrogen (secondary N) is 1. The fourth-order valence-corrected chi connectivity index (χ4v) is 1.68. The summed E-state index contributed by atoms with van der Waals surface area (Å²) in [5.74, 6) is 0.733. The molecular weight excluding hydrogens is 222 g/mol. The molecule has 0 atom stereocenters. The van der Waals surface area contributed by atoms with Crippen LogP contribution in [0.3, 0.4) is 0 Å². The molecule has 2 nitrogen and oxygen atoms in total. The molecule has 0 aliphatic carbocycles. The van der Waals surface area contributed by atoms with Gasteiger partial charge in [0.05, 0.1) is 0 Å². The van der Waals surface area contributed by atoms with Gasteiger partial charge in [-0.05, 0) is 25.3 Å². The largest absolute Gasteiger partial charge is 0.352 e. The average molecular weight is 240 g/mol. The molecule has 1 amide bonds. The molecule has 0 saturated heterocycles. The summed E-state index contributed by atoms with van der Waals surface area (Å²) >= 11 is 5.54. The van der Waals surface area contributed by atoms with Crippen molar-refractivity contribution < 1.29 is 4.79 Å². The van der Waals surface area contributed by atoms with Crippen LogP contribution in [0.4, 0.5) is 0 Å². The van der Waals surface area contributed by atoms with Crippen LogP contribution in [0, 0.1) is 6.92 Å². The van der Waals surface area contributed by atoms with Gasteiger partial charge in [-0.1, -0.05) is 29.8 Å². The lowest BCUT2D eigenvalue weighted by Crippen LogP contribution is -2.22. The summed E-state index contributed by atoms with van der Waals surface area (Å²) in [5.41, 5.74) is 2.36. The Balaban J connectivity index is 2.26. The number of rotatable bonds is 6. The van der Waals surface area contributed by atoms with Gasteiger partial charge in [-0.25, -0.2) is 0 Å². The second kappa shape index (κ2) is 7.29. The molecule has 1 rings (SSSR count). The van der Waals surface area contributed by atoms with Gasteiger partial charge in [0.25, 0.3) is 0 Å². The number of alkyl halides is 1. The van der Waals surface area contributed by atoms with Crippen molar-refractivity contribution in [1.29, 1.82) is 0 Å². The van der Waals surface area contributed by atoms with Crippen molar-refractivity contribution in [2.75, 3.05) is 5.88 Å². The normalized spacial score (nSPS) is 10.1. The smallest absolute Gasteiger partial charge is 0.220 e. The Bertz CT molecular complexity index is 338. The standard InChI is InChI=1S/C13H18ClNO/c1-11-5-4-6-12(9-11)10-15-13(16)7-2-3-8-14/h4-6,9H,2-3,7-8,10H2,1H3,(H,15,16). The number of amides is 1. The summed E-state index contributed by atoms with van der Waals surface area (Å²) in [7, 11) is 0. The maximum atomic E-state index is 11.4. The zero-order valence-corrected chi connectivity index (χ0v) is 10.4. The van der Waals surface area contributed by atoms with Crippen LogP contribution in [0.2, 0.25) is 0 Å². The molecular formula is C13H18ClNO. The summed E-state index contributed by atoms with van der Waals surface area (Å²) < 4.78 is 0. The van der Waals surface area contributed by atoms with Crippen molar-refractivity contribution in [2.24, 2.45) is 0 Å². The molecule has 0 radical (unpaired) electrons. The van der Waals surface area contributed by atoms with Crippen molar-refractivity contribution in [2.45, 2.75) is 32.7 Å². The Labute approximate surface area is 102 Å². The van der Waals surface area contributed by atoms with E-state index in [4.69, 9.17) is 11.6 Å². The van der Waals surface area contributed by atoms with Gasteiger partial charge in [-0.15, -0.1) is 11.6 Å². The molecule has 3 heteroatoms. The Morgan fingerprint density at radius 1 is 1.38 bits per heavy atom.